The molecule has 0 saturated carbocycles. The smallest absolute Gasteiger partial charge is 0.340 e. The minimum atomic E-state index is -0.305. The third kappa shape index (κ3) is 4.26. The van der Waals surface area contributed by atoms with Crippen molar-refractivity contribution in [3.05, 3.63) is 28.8 Å². The third-order valence-electron chi connectivity index (χ3n) is 4.00. The topological polar surface area (TPSA) is 52.3 Å². The molecule has 0 radical (unpaired) electrons. The molecule has 2 N–H and O–H groups in total. The molecule has 0 aliphatic carbocycles. The van der Waals surface area contributed by atoms with Crippen molar-refractivity contribution in [2.75, 3.05) is 12.3 Å². The lowest BCUT2D eigenvalue weighted by Crippen LogP contribution is -2.15. The van der Waals surface area contributed by atoms with Crippen LogP contribution < -0.4 is 5.73 Å². The van der Waals surface area contributed by atoms with Crippen LogP contribution >= 0.6 is 0 Å². The summed E-state index contributed by atoms with van der Waals surface area (Å²) in [6, 6.07) is 3.67. The zero-order valence-corrected chi connectivity index (χ0v) is 13.2. The standard InChI is InChI=1S/C17H27NO2/c1-5-7-8-14(6-2)11-20-17(19)15-10-9-12(3)13(4)16(15)18/h9-10,14H,5-8,11,18H2,1-4H3. The fourth-order valence-electron chi connectivity index (χ4n) is 2.18. The average molecular weight is 277 g/mol. The zero-order chi connectivity index (χ0) is 15.1. The number of rotatable bonds is 7. The molecular formula is C17H27NO2. The van der Waals surface area contributed by atoms with E-state index in [0.29, 0.717) is 23.8 Å². The van der Waals surface area contributed by atoms with E-state index in [-0.39, 0.29) is 5.97 Å². The number of nitrogens with two attached hydrogens (primary N) is 1. The van der Waals surface area contributed by atoms with Gasteiger partial charge in [0.25, 0.3) is 0 Å². The summed E-state index contributed by atoms with van der Waals surface area (Å²) in [5.41, 5.74) is 9.07. The molecule has 0 saturated heterocycles. The van der Waals surface area contributed by atoms with Gasteiger partial charge in [0.05, 0.1) is 12.2 Å². The van der Waals surface area contributed by atoms with Gasteiger partial charge in [-0.3, -0.25) is 0 Å². The van der Waals surface area contributed by atoms with Crippen LogP contribution in [0.2, 0.25) is 0 Å². The molecule has 0 bridgehead atoms. The quantitative estimate of drug-likeness (QED) is 0.598. The average Bonchev–Trinajstić information content (AvgIpc) is 2.45. The minimum absolute atomic E-state index is 0.305. The number of esters is 1. The van der Waals surface area contributed by atoms with Gasteiger partial charge in [-0.1, -0.05) is 39.2 Å². The van der Waals surface area contributed by atoms with Crippen LogP contribution in [0.4, 0.5) is 5.69 Å². The van der Waals surface area contributed by atoms with Crippen molar-refractivity contribution in [2.45, 2.75) is 53.4 Å². The lowest BCUT2D eigenvalue weighted by molar-refractivity contribution is 0.0429. The number of hydrogen-bond acceptors (Lipinski definition) is 3. The van der Waals surface area contributed by atoms with Crippen LogP contribution in [0.25, 0.3) is 0 Å². The summed E-state index contributed by atoms with van der Waals surface area (Å²) in [7, 11) is 0. The summed E-state index contributed by atoms with van der Waals surface area (Å²) in [5, 5.41) is 0. The Hall–Kier alpha value is -1.51. The van der Waals surface area contributed by atoms with Crippen LogP contribution in [0.3, 0.4) is 0 Å². The monoisotopic (exact) mass is 277 g/mol. The number of carbonyl (C=O) groups excluding carboxylic acids is 1. The molecule has 0 aliphatic rings. The first-order valence-corrected chi connectivity index (χ1v) is 7.54. The van der Waals surface area contributed by atoms with Gasteiger partial charge in [-0.2, -0.15) is 0 Å². The molecule has 1 rings (SSSR count). The van der Waals surface area contributed by atoms with Crippen LogP contribution in [0.5, 0.6) is 0 Å². The van der Waals surface area contributed by atoms with Gasteiger partial charge in [-0.05, 0) is 43.4 Å². The molecule has 1 atom stereocenters. The molecule has 0 aromatic heterocycles. The second kappa shape index (κ2) is 7.93. The van der Waals surface area contributed by atoms with Crippen molar-refractivity contribution in [1.82, 2.24) is 0 Å². The lowest BCUT2D eigenvalue weighted by Gasteiger charge is -2.16. The van der Waals surface area contributed by atoms with Crippen LogP contribution in [-0.2, 0) is 4.74 Å². The number of ether oxygens (including phenoxy) is 1. The Balaban J connectivity index is 2.65. The maximum atomic E-state index is 12.1. The van der Waals surface area contributed by atoms with Gasteiger partial charge < -0.3 is 10.5 Å². The largest absolute Gasteiger partial charge is 0.462 e. The molecule has 0 aliphatic heterocycles. The van der Waals surface area contributed by atoms with E-state index >= 15 is 0 Å². The summed E-state index contributed by atoms with van der Waals surface area (Å²) in [6.07, 6.45) is 4.51. The van der Waals surface area contributed by atoms with Crippen molar-refractivity contribution in [2.24, 2.45) is 5.92 Å². The number of unbranched alkanes of at least 4 members (excludes halogenated alkanes) is 1. The molecule has 112 valence electrons. The fourth-order valence-corrected chi connectivity index (χ4v) is 2.18. The molecule has 1 unspecified atom stereocenters. The Labute approximate surface area is 122 Å². The van der Waals surface area contributed by atoms with Crippen molar-refractivity contribution in [3.8, 4) is 0 Å². The Bertz CT molecular complexity index is 455. The molecule has 3 nitrogen and oxygen atoms in total. The van der Waals surface area contributed by atoms with Crippen LogP contribution in [-0.4, -0.2) is 12.6 Å². The van der Waals surface area contributed by atoms with Crippen molar-refractivity contribution >= 4 is 11.7 Å². The highest BCUT2D eigenvalue weighted by Crippen LogP contribution is 2.22. The summed E-state index contributed by atoms with van der Waals surface area (Å²) in [5.74, 6) is 0.146. The van der Waals surface area contributed by atoms with Crippen LogP contribution in [0.1, 0.15) is 61.0 Å². The van der Waals surface area contributed by atoms with E-state index < -0.39 is 0 Å². The number of benzene rings is 1. The van der Waals surface area contributed by atoms with Gasteiger partial charge in [-0.25, -0.2) is 4.79 Å². The molecular weight excluding hydrogens is 250 g/mol. The number of carbonyl (C=O) groups is 1. The third-order valence-corrected chi connectivity index (χ3v) is 4.00. The lowest BCUT2D eigenvalue weighted by atomic mass is 10.0. The molecule has 0 heterocycles. The Morgan fingerprint density at radius 1 is 1.30 bits per heavy atom. The molecule has 0 spiro atoms. The maximum absolute atomic E-state index is 12.1. The van der Waals surface area contributed by atoms with Crippen molar-refractivity contribution in [3.63, 3.8) is 0 Å². The molecule has 3 heteroatoms. The number of nitrogen functional groups attached to an aromatic ring is 1. The summed E-state index contributed by atoms with van der Waals surface area (Å²) in [4.78, 5) is 12.1. The van der Waals surface area contributed by atoms with Gasteiger partial charge in [-0.15, -0.1) is 0 Å². The number of hydrogen-bond donors (Lipinski definition) is 1. The Morgan fingerprint density at radius 3 is 2.60 bits per heavy atom. The predicted octanol–water partition coefficient (Wildman–Crippen LogP) is 4.26. The van der Waals surface area contributed by atoms with Crippen molar-refractivity contribution < 1.29 is 9.53 Å². The highest BCUT2D eigenvalue weighted by molar-refractivity contribution is 5.96. The second-order valence-electron chi connectivity index (χ2n) is 5.48. The van der Waals surface area contributed by atoms with Gasteiger partial charge >= 0.3 is 5.97 Å². The summed E-state index contributed by atoms with van der Waals surface area (Å²) < 4.78 is 5.43. The number of anilines is 1. The first-order valence-electron chi connectivity index (χ1n) is 7.54. The predicted molar refractivity (Wildman–Crippen MR) is 83.9 cm³/mol. The highest BCUT2D eigenvalue weighted by Gasteiger charge is 2.15. The van der Waals surface area contributed by atoms with E-state index in [9.17, 15) is 4.79 Å². The molecule has 1 aromatic carbocycles. The molecule has 1 aromatic rings. The summed E-state index contributed by atoms with van der Waals surface area (Å²) >= 11 is 0. The van der Waals surface area contributed by atoms with E-state index in [4.69, 9.17) is 10.5 Å². The zero-order valence-electron chi connectivity index (χ0n) is 13.2. The van der Waals surface area contributed by atoms with Gasteiger partial charge in [0.1, 0.15) is 0 Å². The Kier molecular flexibility index (Phi) is 6.56. The van der Waals surface area contributed by atoms with E-state index in [1.807, 2.05) is 19.9 Å². The normalized spacial score (nSPS) is 12.2. The number of aryl methyl sites for hydroxylation is 1. The minimum Gasteiger partial charge on any atom is -0.462 e. The van der Waals surface area contributed by atoms with E-state index in [1.165, 1.54) is 12.8 Å². The van der Waals surface area contributed by atoms with Crippen molar-refractivity contribution in [1.29, 1.82) is 0 Å². The first-order chi connectivity index (χ1) is 9.51. The highest BCUT2D eigenvalue weighted by atomic mass is 16.5. The summed E-state index contributed by atoms with van der Waals surface area (Å²) in [6.45, 7) is 8.71. The van der Waals surface area contributed by atoms with Crippen LogP contribution in [0, 0.1) is 19.8 Å². The molecule has 0 fully saturated rings. The SMILES string of the molecule is CCCCC(CC)COC(=O)c1ccc(C)c(C)c1N. The first kappa shape index (κ1) is 16.5. The van der Waals surface area contributed by atoms with E-state index in [0.717, 1.165) is 24.0 Å². The van der Waals surface area contributed by atoms with E-state index in [1.54, 1.807) is 6.07 Å². The second-order valence-corrected chi connectivity index (χ2v) is 5.48. The van der Waals surface area contributed by atoms with Crippen LogP contribution in [0.15, 0.2) is 12.1 Å². The Morgan fingerprint density at radius 2 is 2.00 bits per heavy atom. The van der Waals surface area contributed by atoms with Gasteiger partial charge in [0.2, 0.25) is 0 Å². The van der Waals surface area contributed by atoms with E-state index in [2.05, 4.69) is 13.8 Å². The fraction of sp³-hybridized carbons (Fsp3) is 0.588. The van der Waals surface area contributed by atoms with Gasteiger partial charge in [0.15, 0.2) is 0 Å². The maximum Gasteiger partial charge on any atom is 0.340 e. The van der Waals surface area contributed by atoms with Gasteiger partial charge in [0, 0.05) is 5.69 Å². The molecule has 0 amide bonds. The molecule has 20 heavy (non-hydrogen) atoms.